The molecule has 5 N–H and O–H groups in total. The summed E-state index contributed by atoms with van der Waals surface area (Å²) < 4.78 is 44.3. The molecule has 1 aromatic carbocycles. The van der Waals surface area contributed by atoms with Gasteiger partial charge in [0.2, 0.25) is 5.91 Å². The molecule has 2 saturated heterocycles. The van der Waals surface area contributed by atoms with Gasteiger partial charge < -0.3 is 30.7 Å². The topological polar surface area (TPSA) is 111 Å². The average Bonchev–Trinajstić information content (AvgIpc) is 2.81. The molecule has 1 unspecified atom stereocenters. The normalized spacial score (nSPS) is 34.3. The summed E-state index contributed by atoms with van der Waals surface area (Å²) in [6.07, 6.45) is -6.99. The van der Waals surface area contributed by atoms with Crippen LogP contribution in [0.15, 0.2) is 24.3 Å². The van der Waals surface area contributed by atoms with Crippen molar-refractivity contribution in [1.29, 1.82) is 0 Å². The van der Waals surface area contributed by atoms with Crippen LogP contribution < -0.4 is 10.6 Å². The second-order valence-electron chi connectivity index (χ2n) is 8.74. The van der Waals surface area contributed by atoms with E-state index < -0.39 is 65.0 Å². The Kier molecular flexibility index (Phi) is 9.16. The first kappa shape index (κ1) is 27.5. The highest BCUT2D eigenvalue weighted by Crippen LogP contribution is 2.34. The maximum Gasteiger partial charge on any atom is 0.416 e. The van der Waals surface area contributed by atoms with E-state index in [2.05, 4.69) is 10.6 Å². The zero-order valence-electron chi connectivity index (χ0n) is 18.7. The van der Waals surface area contributed by atoms with Crippen LogP contribution in [0.3, 0.4) is 0 Å². The Morgan fingerprint density at radius 2 is 1.85 bits per heavy atom. The van der Waals surface area contributed by atoms with Crippen molar-refractivity contribution in [2.75, 3.05) is 12.8 Å². The predicted molar refractivity (Wildman–Crippen MR) is 123 cm³/mol. The van der Waals surface area contributed by atoms with Gasteiger partial charge in [0, 0.05) is 0 Å². The van der Waals surface area contributed by atoms with Gasteiger partial charge >= 0.3 is 6.18 Å². The largest absolute Gasteiger partial charge is 0.416 e. The van der Waals surface area contributed by atoms with Crippen LogP contribution >= 0.6 is 23.4 Å². The number of aliphatic hydroxyl groups excluding tert-OH is 3. The molecule has 12 heteroatoms. The molecule has 7 nitrogen and oxygen atoms in total. The van der Waals surface area contributed by atoms with Gasteiger partial charge in [-0.15, -0.1) is 23.4 Å². The molecule has 1 aromatic rings. The van der Waals surface area contributed by atoms with Gasteiger partial charge in [0.15, 0.2) is 0 Å². The standard InChI is InChI=1S/C22H30ClF3N2O5S/c1-10(23)15(19-17(30)16(29)18(31)21(33-19)34-2)28-20(32)14-9-12(7-8-27-14)11-3-5-13(6-4-11)22(24,25)26/h3-6,10,12,14-19,21,27,29-31H,7-9H2,1-2H3,(H,28,32)/t10-,12+,14-,15?,16-,17+,18+,19+,21+/m0/s1. The van der Waals surface area contributed by atoms with Gasteiger partial charge in [-0.3, -0.25) is 4.79 Å². The molecule has 0 radical (unpaired) electrons. The monoisotopic (exact) mass is 526 g/mol. The molecule has 2 fully saturated rings. The average molecular weight is 527 g/mol. The fourth-order valence-corrected chi connectivity index (χ4v) is 5.34. The third kappa shape index (κ3) is 6.18. The number of carbonyl (C=O) groups excluding carboxylic acids is 1. The molecular formula is C22H30ClF3N2O5S. The highest BCUT2D eigenvalue weighted by atomic mass is 35.5. The van der Waals surface area contributed by atoms with Crippen molar-refractivity contribution in [3.63, 3.8) is 0 Å². The first-order valence-electron chi connectivity index (χ1n) is 11.0. The molecule has 3 rings (SSSR count). The molecule has 34 heavy (non-hydrogen) atoms. The van der Waals surface area contributed by atoms with E-state index in [9.17, 15) is 33.3 Å². The Hall–Kier alpha value is -1.08. The van der Waals surface area contributed by atoms with E-state index in [1.807, 2.05) is 0 Å². The number of benzene rings is 1. The quantitative estimate of drug-likeness (QED) is 0.360. The number of rotatable bonds is 6. The summed E-state index contributed by atoms with van der Waals surface area (Å²) >= 11 is 7.47. The van der Waals surface area contributed by atoms with E-state index in [0.717, 1.165) is 29.5 Å². The van der Waals surface area contributed by atoms with Crippen LogP contribution in [0.4, 0.5) is 13.2 Å². The van der Waals surface area contributed by atoms with Gasteiger partial charge in [-0.2, -0.15) is 13.2 Å². The van der Waals surface area contributed by atoms with Crippen molar-refractivity contribution in [2.45, 2.75) is 79.2 Å². The Labute approximate surface area is 205 Å². The van der Waals surface area contributed by atoms with Gasteiger partial charge in [-0.25, -0.2) is 0 Å². The maximum absolute atomic E-state index is 13.1. The third-order valence-electron chi connectivity index (χ3n) is 6.43. The van der Waals surface area contributed by atoms with E-state index in [0.29, 0.717) is 19.4 Å². The molecule has 1 amide bonds. The van der Waals surface area contributed by atoms with Crippen LogP contribution in [-0.2, 0) is 15.7 Å². The van der Waals surface area contributed by atoms with E-state index >= 15 is 0 Å². The zero-order chi connectivity index (χ0) is 25.2. The van der Waals surface area contributed by atoms with Crippen molar-refractivity contribution in [3.8, 4) is 0 Å². The van der Waals surface area contributed by atoms with Gasteiger partial charge in [-0.05, 0) is 56.2 Å². The first-order chi connectivity index (χ1) is 15.9. The summed E-state index contributed by atoms with van der Waals surface area (Å²) in [4.78, 5) is 13.1. The Morgan fingerprint density at radius 3 is 2.41 bits per heavy atom. The smallest absolute Gasteiger partial charge is 0.388 e. The number of alkyl halides is 4. The number of halogens is 4. The van der Waals surface area contributed by atoms with Gasteiger partial charge in [0.05, 0.1) is 23.0 Å². The molecule has 9 atom stereocenters. The number of hydrogen-bond acceptors (Lipinski definition) is 7. The molecule has 0 aliphatic carbocycles. The summed E-state index contributed by atoms with van der Waals surface area (Å²) in [5.74, 6) is -0.508. The lowest BCUT2D eigenvalue weighted by Gasteiger charge is -2.44. The predicted octanol–water partition coefficient (Wildman–Crippen LogP) is 1.82. The number of hydrogen-bond donors (Lipinski definition) is 5. The van der Waals surface area contributed by atoms with Crippen LogP contribution in [0.5, 0.6) is 0 Å². The molecule has 2 heterocycles. The molecule has 0 spiro atoms. The number of piperidine rings is 1. The van der Waals surface area contributed by atoms with E-state index in [1.54, 1.807) is 13.2 Å². The zero-order valence-corrected chi connectivity index (χ0v) is 20.3. The van der Waals surface area contributed by atoms with Gasteiger partial charge in [0.25, 0.3) is 0 Å². The van der Waals surface area contributed by atoms with Crippen LogP contribution in [0, 0.1) is 0 Å². The van der Waals surface area contributed by atoms with E-state index in [-0.39, 0.29) is 5.92 Å². The van der Waals surface area contributed by atoms with Gasteiger partial charge in [0.1, 0.15) is 29.9 Å². The fourth-order valence-electron chi connectivity index (χ4n) is 4.45. The lowest BCUT2D eigenvalue weighted by atomic mass is 9.85. The maximum atomic E-state index is 13.1. The minimum atomic E-state index is -4.41. The minimum Gasteiger partial charge on any atom is -0.388 e. The van der Waals surface area contributed by atoms with Crippen molar-refractivity contribution in [2.24, 2.45) is 0 Å². The molecule has 0 bridgehead atoms. The SMILES string of the molecule is CS[C@H]1O[C@H](C(NC(=O)[C@@H]2C[C@H](c3ccc(C(F)(F)F)cc3)CCN2)[C@H](C)Cl)[C@H](O)[C@H](O)[C@H]1O. The van der Waals surface area contributed by atoms with Crippen molar-refractivity contribution >= 4 is 29.3 Å². The Bertz CT molecular complexity index is 830. The third-order valence-corrected chi connectivity index (χ3v) is 7.55. The van der Waals surface area contributed by atoms with Crippen LogP contribution in [-0.4, -0.2) is 81.3 Å². The number of carbonyl (C=O) groups is 1. The lowest BCUT2D eigenvalue weighted by molar-refractivity contribution is -0.205. The molecule has 2 aliphatic rings. The molecule has 0 aromatic heterocycles. The summed E-state index contributed by atoms with van der Waals surface area (Å²) in [5.41, 5.74) is -0.809. The Balaban J connectivity index is 1.69. The summed E-state index contributed by atoms with van der Waals surface area (Å²) in [6.45, 7) is 2.11. The van der Waals surface area contributed by atoms with Crippen LogP contribution in [0.2, 0.25) is 0 Å². The second kappa shape index (κ2) is 11.3. The number of ether oxygens (including phenoxy) is 1. The van der Waals surface area contributed by atoms with Crippen LogP contribution in [0.25, 0.3) is 0 Å². The molecule has 2 aliphatic heterocycles. The van der Waals surface area contributed by atoms with Crippen molar-refractivity contribution in [1.82, 2.24) is 10.6 Å². The summed E-state index contributed by atoms with van der Waals surface area (Å²) in [6, 6.07) is 3.47. The lowest BCUT2D eigenvalue weighted by Crippen LogP contribution is -2.65. The fraction of sp³-hybridized carbons (Fsp3) is 0.682. The van der Waals surface area contributed by atoms with E-state index in [4.69, 9.17) is 16.3 Å². The van der Waals surface area contributed by atoms with Crippen LogP contribution in [0.1, 0.15) is 36.8 Å². The summed E-state index contributed by atoms with van der Waals surface area (Å²) in [5, 5.41) is 36.0. The Morgan fingerprint density at radius 1 is 1.21 bits per heavy atom. The molecule has 0 saturated carbocycles. The number of nitrogens with one attached hydrogen (secondary N) is 2. The molecule has 192 valence electrons. The van der Waals surface area contributed by atoms with Crippen molar-refractivity contribution in [3.05, 3.63) is 35.4 Å². The number of amides is 1. The van der Waals surface area contributed by atoms with Gasteiger partial charge in [-0.1, -0.05) is 12.1 Å². The van der Waals surface area contributed by atoms with E-state index in [1.165, 1.54) is 12.1 Å². The first-order valence-corrected chi connectivity index (χ1v) is 12.7. The number of thioether (sulfide) groups is 1. The second-order valence-corrected chi connectivity index (χ2v) is 10.4. The highest BCUT2D eigenvalue weighted by Gasteiger charge is 2.48. The summed E-state index contributed by atoms with van der Waals surface area (Å²) in [7, 11) is 0. The minimum absolute atomic E-state index is 0.111. The molecular weight excluding hydrogens is 497 g/mol. The highest BCUT2D eigenvalue weighted by molar-refractivity contribution is 7.99. The van der Waals surface area contributed by atoms with Crippen molar-refractivity contribution < 1.29 is 38.0 Å². The number of aliphatic hydroxyl groups is 3.